The summed E-state index contributed by atoms with van der Waals surface area (Å²) in [5.41, 5.74) is 2.56. The van der Waals surface area contributed by atoms with Crippen LogP contribution in [0.3, 0.4) is 0 Å². The van der Waals surface area contributed by atoms with Crippen molar-refractivity contribution in [2.75, 3.05) is 66.7 Å². The number of ether oxygens (including phenoxy) is 5. The van der Waals surface area contributed by atoms with Crippen molar-refractivity contribution in [3.63, 3.8) is 0 Å². The van der Waals surface area contributed by atoms with Gasteiger partial charge in [0.05, 0.1) is 45.2 Å². The van der Waals surface area contributed by atoms with Crippen LogP contribution in [0.2, 0.25) is 0 Å². The van der Waals surface area contributed by atoms with Crippen LogP contribution in [0.5, 0.6) is 17.2 Å². The number of amides is 1. The molecule has 296 valence electrons. The van der Waals surface area contributed by atoms with Gasteiger partial charge in [-0.2, -0.15) is 0 Å². The third-order valence-corrected chi connectivity index (χ3v) is 11.4. The van der Waals surface area contributed by atoms with Gasteiger partial charge < -0.3 is 43.8 Å². The minimum Gasteiger partial charge on any atom is -0.459 e. The van der Waals surface area contributed by atoms with E-state index in [9.17, 15) is 20.1 Å². The molecule has 0 radical (unpaired) electrons. The lowest BCUT2D eigenvalue weighted by atomic mass is 9.55. The lowest BCUT2D eigenvalue weighted by Crippen LogP contribution is -2.70. The molecule has 1 heterocycles. The number of hydrogen-bond donors (Lipinski definition) is 3. The molecule has 0 unspecified atom stereocenters. The van der Waals surface area contributed by atoms with Crippen molar-refractivity contribution >= 4 is 23.6 Å². The Balaban J connectivity index is 1.73. The van der Waals surface area contributed by atoms with Gasteiger partial charge in [0.25, 0.3) is 0 Å². The monoisotopic (exact) mass is 768 g/mol. The SMILES string of the molecule is C=CCO[C@@]12Oc3ccc(Oc4ccc(SC)cc4)cc3[C@H]3[C@H](CCCCO)[C@@H](CCCCO)C=C(C(=NOC)C[C@@H]1N(CCOCCO)C(=O)OC)[C@H]32. The summed E-state index contributed by atoms with van der Waals surface area (Å²) in [6, 6.07) is 13.1. The Morgan fingerprint density at radius 1 is 1.02 bits per heavy atom. The first kappa shape index (κ1) is 41.6. The van der Waals surface area contributed by atoms with E-state index in [1.165, 1.54) is 14.2 Å². The van der Waals surface area contributed by atoms with Crippen molar-refractivity contribution in [1.82, 2.24) is 4.90 Å². The van der Waals surface area contributed by atoms with E-state index in [0.717, 1.165) is 41.7 Å². The average molecular weight is 769 g/mol. The van der Waals surface area contributed by atoms with E-state index >= 15 is 0 Å². The molecule has 2 aromatic carbocycles. The molecule has 0 spiro atoms. The predicted molar refractivity (Wildman–Crippen MR) is 207 cm³/mol. The normalized spacial score (nSPS) is 24.8. The number of hydrogen-bond acceptors (Lipinski definition) is 12. The number of oxime groups is 1. The third kappa shape index (κ3) is 9.26. The molecule has 5 rings (SSSR count). The van der Waals surface area contributed by atoms with Crippen LogP contribution >= 0.6 is 11.8 Å². The molecule has 1 amide bonds. The summed E-state index contributed by atoms with van der Waals surface area (Å²) in [6.45, 7) is 4.55. The van der Waals surface area contributed by atoms with Crippen LogP contribution in [-0.2, 0) is 19.0 Å². The highest BCUT2D eigenvalue weighted by atomic mass is 32.2. The molecule has 3 aliphatic rings. The van der Waals surface area contributed by atoms with Crippen LogP contribution in [0.4, 0.5) is 4.79 Å². The number of methoxy groups -OCH3 is 1. The highest BCUT2D eigenvalue weighted by Crippen LogP contribution is 2.62. The number of carbonyl (C=O) groups excluding carboxylic acids is 1. The zero-order valence-corrected chi connectivity index (χ0v) is 32.5. The van der Waals surface area contributed by atoms with Crippen molar-refractivity contribution in [1.29, 1.82) is 0 Å². The second-order valence-corrected chi connectivity index (χ2v) is 14.6. The Morgan fingerprint density at radius 2 is 1.76 bits per heavy atom. The van der Waals surface area contributed by atoms with E-state index in [1.54, 1.807) is 22.7 Å². The van der Waals surface area contributed by atoms with Gasteiger partial charge in [-0.25, -0.2) is 4.79 Å². The Bertz CT molecular complexity index is 1590. The van der Waals surface area contributed by atoms with E-state index in [2.05, 4.69) is 23.9 Å². The largest absolute Gasteiger partial charge is 0.459 e. The standard InChI is InChI=1S/C41H56N2O10S/c1-5-22-51-41-37(43(40(47)48-2)18-23-50-24-21-46)27-35(42-49-3)33-25-28(10-6-8-19-44)32(11-7-9-20-45)38(39(33)41)34-26-30(14-17-36(34)53-41)52-29-12-15-31(54-4)16-13-29/h5,12-17,25-26,28,32,37-39,44-46H,1,6-11,18-24,27H2,2-4H3/t28-,32+,37-,38+,39+,41+/m0/s1. The summed E-state index contributed by atoms with van der Waals surface area (Å²) in [4.78, 5) is 21.9. The number of nitrogens with zero attached hydrogens (tertiary/aromatic N) is 2. The molecule has 54 heavy (non-hydrogen) atoms. The number of benzene rings is 2. The summed E-state index contributed by atoms with van der Waals surface area (Å²) in [5.74, 6) is 0.0653. The molecular weight excluding hydrogens is 713 g/mol. The Hall–Kier alpha value is -3.59. The van der Waals surface area contributed by atoms with E-state index in [1.807, 2.05) is 42.7 Å². The number of thioether (sulfide) groups is 1. The number of carbonyl (C=O) groups is 1. The van der Waals surface area contributed by atoms with Crippen molar-refractivity contribution in [3.8, 4) is 17.2 Å². The summed E-state index contributed by atoms with van der Waals surface area (Å²) in [6.07, 6.45) is 10.3. The predicted octanol–water partition coefficient (Wildman–Crippen LogP) is 6.54. The highest BCUT2D eigenvalue weighted by molar-refractivity contribution is 7.98. The molecule has 3 N–H and O–H groups in total. The lowest BCUT2D eigenvalue weighted by Gasteiger charge is -2.59. The second-order valence-electron chi connectivity index (χ2n) is 13.7. The molecule has 0 bridgehead atoms. The average Bonchev–Trinajstić information content (AvgIpc) is 3.19. The van der Waals surface area contributed by atoms with Crippen LogP contribution in [0, 0.1) is 17.8 Å². The molecule has 6 atom stereocenters. The van der Waals surface area contributed by atoms with Gasteiger partial charge in [0.2, 0.25) is 5.79 Å². The van der Waals surface area contributed by atoms with Crippen molar-refractivity contribution < 1.29 is 48.6 Å². The zero-order valence-electron chi connectivity index (χ0n) is 31.7. The Labute approximate surface area is 323 Å². The van der Waals surface area contributed by atoms with Crippen LogP contribution < -0.4 is 9.47 Å². The minimum absolute atomic E-state index is 0.0662. The first-order chi connectivity index (χ1) is 26.4. The van der Waals surface area contributed by atoms with E-state index in [0.29, 0.717) is 35.8 Å². The fourth-order valence-electron chi connectivity index (χ4n) is 8.42. The second kappa shape index (κ2) is 20.4. The molecule has 12 nitrogen and oxygen atoms in total. The van der Waals surface area contributed by atoms with Gasteiger partial charge in [0.1, 0.15) is 30.4 Å². The molecular formula is C41H56N2O10S. The Morgan fingerprint density at radius 3 is 2.43 bits per heavy atom. The van der Waals surface area contributed by atoms with Gasteiger partial charge in [-0.05, 0) is 91.8 Å². The van der Waals surface area contributed by atoms with E-state index in [4.69, 9.17) is 28.5 Å². The number of allylic oxidation sites excluding steroid dienone is 1. The number of rotatable bonds is 21. The molecule has 2 aromatic rings. The molecule has 13 heteroatoms. The fraction of sp³-hybridized carbons (Fsp3) is 0.561. The van der Waals surface area contributed by atoms with Gasteiger partial charge in [-0.15, -0.1) is 18.3 Å². The summed E-state index contributed by atoms with van der Waals surface area (Å²) >= 11 is 1.67. The molecule has 0 aromatic heterocycles. The third-order valence-electron chi connectivity index (χ3n) is 10.6. The van der Waals surface area contributed by atoms with Crippen molar-refractivity contribution in [2.45, 2.75) is 67.6 Å². The smallest absolute Gasteiger partial charge is 0.410 e. The quantitative estimate of drug-likeness (QED) is 0.0550. The summed E-state index contributed by atoms with van der Waals surface area (Å²) in [5, 5.41) is 33.6. The van der Waals surface area contributed by atoms with Crippen molar-refractivity contribution in [2.24, 2.45) is 22.9 Å². The Kier molecular flexibility index (Phi) is 15.7. The first-order valence-corrected chi connectivity index (χ1v) is 20.1. The van der Waals surface area contributed by atoms with Crippen LogP contribution in [0.15, 0.2) is 76.8 Å². The molecule has 2 aliphatic carbocycles. The maximum Gasteiger partial charge on any atom is 0.410 e. The highest BCUT2D eigenvalue weighted by Gasteiger charge is 2.65. The molecule has 1 aliphatic heterocycles. The number of aliphatic hydroxyl groups excluding tert-OH is 3. The van der Waals surface area contributed by atoms with Gasteiger partial charge >= 0.3 is 6.09 Å². The van der Waals surface area contributed by atoms with Gasteiger partial charge in [-0.1, -0.05) is 30.1 Å². The van der Waals surface area contributed by atoms with E-state index in [-0.39, 0.29) is 70.4 Å². The van der Waals surface area contributed by atoms with Crippen LogP contribution in [0.25, 0.3) is 0 Å². The van der Waals surface area contributed by atoms with Gasteiger partial charge in [0.15, 0.2) is 0 Å². The first-order valence-electron chi connectivity index (χ1n) is 18.9. The summed E-state index contributed by atoms with van der Waals surface area (Å²) < 4.78 is 31.5. The van der Waals surface area contributed by atoms with Gasteiger partial charge in [0, 0.05) is 42.6 Å². The van der Waals surface area contributed by atoms with Crippen LogP contribution in [0.1, 0.15) is 56.4 Å². The van der Waals surface area contributed by atoms with Gasteiger partial charge in [-0.3, -0.25) is 4.90 Å². The molecule has 1 saturated carbocycles. The minimum atomic E-state index is -1.42. The lowest BCUT2D eigenvalue weighted by molar-refractivity contribution is -0.255. The van der Waals surface area contributed by atoms with Crippen molar-refractivity contribution in [3.05, 3.63) is 72.3 Å². The number of unbranched alkanes of at least 4 members (excludes halogenated alkanes) is 2. The molecule has 0 saturated heterocycles. The summed E-state index contributed by atoms with van der Waals surface area (Å²) in [7, 11) is 2.85. The topological polar surface area (TPSA) is 149 Å². The fourth-order valence-corrected chi connectivity index (χ4v) is 8.83. The number of aliphatic hydroxyl groups is 3. The molecule has 1 fully saturated rings. The van der Waals surface area contributed by atoms with E-state index < -0.39 is 23.8 Å². The zero-order chi connectivity index (χ0) is 38.5. The van der Waals surface area contributed by atoms with Crippen LogP contribution in [-0.4, -0.2) is 111 Å². The number of fused-ring (bicyclic) bond motifs is 2. The maximum atomic E-state index is 13.7. The maximum absolute atomic E-state index is 13.7.